The van der Waals surface area contributed by atoms with E-state index < -0.39 is 23.6 Å². The minimum absolute atomic E-state index is 0.0502. The number of amides is 3. The number of nitrogens with zero attached hydrogens (tertiary/aromatic N) is 1. The van der Waals surface area contributed by atoms with Gasteiger partial charge in [-0.25, -0.2) is 4.79 Å². The van der Waals surface area contributed by atoms with Crippen LogP contribution in [-0.4, -0.2) is 48.3 Å². The van der Waals surface area contributed by atoms with Crippen LogP contribution in [-0.2, 0) is 10.3 Å². The van der Waals surface area contributed by atoms with Gasteiger partial charge in [-0.2, -0.15) is 0 Å². The summed E-state index contributed by atoms with van der Waals surface area (Å²) in [4.78, 5) is 26.1. The highest BCUT2D eigenvalue weighted by molar-refractivity contribution is 6.07. The summed E-state index contributed by atoms with van der Waals surface area (Å²) in [6, 6.07) is 15.4. The molecule has 3 amide bonds. The van der Waals surface area contributed by atoms with E-state index in [1.165, 1.54) is 0 Å². The van der Waals surface area contributed by atoms with Gasteiger partial charge in [0.15, 0.2) is 0 Å². The van der Waals surface area contributed by atoms with E-state index in [1.54, 1.807) is 62.6 Å². The largest absolute Gasteiger partial charge is 0.497 e. The number of aliphatic hydroxyl groups is 1. The van der Waals surface area contributed by atoms with Crippen LogP contribution < -0.4 is 14.8 Å². The monoisotopic (exact) mass is 370 g/mol. The lowest BCUT2D eigenvalue weighted by molar-refractivity contribution is -0.132. The topological polar surface area (TPSA) is 88.1 Å². The highest BCUT2D eigenvalue weighted by atomic mass is 16.5. The lowest BCUT2D eigenvalue weighted by atomic mass is 9.92. The second-order valence-electron chi connectivity index (χ2n) is 6.48. The standard InChI is InChI=1S/C20H22N2O5/c1-20(14-6-4-3-5-7-14)18(24)22(19(25)21-20)12-15(23)13-27-17-10-8-16(26-2)9-11-17/h3-11,15,23H,12-13H2,1-2H3,(H,21,25). The number of rotatable bonds is 7. The van der Waals surface area contributed by atoms with E-state index in [4.69, 9.17) is 9.47 Å². The summed E-state index contributed by atoms with van der Waals surface area (Å²) in [5, 5.41) is 12.9. The number of benzene rings is 2. The molecule has 142 valence electrons. The van der Waals surface area contributed by atoms with Crippen LogP contribution in [0.4, 0.5) is 4.79 Å². The molecule has 1 aliphatic heterocycles. The molecular weight excluding hydrogens is 348 g/mol. The van der Waals surface area contributed by atoms with E-state index in [1.807, 2.05) is 6.07 Å². The van der Waals surface area contributed by atoms with E-state index in [-0.39, 0.29) is 13.2 Å². The maximum atomic E-state index is 12.8. The summed E-state index contributed by atoms with van der Waals surface area (Å²) in [5.74, 6) is 0.853. The first-order chi connectivity index (χ1) is 12.9. The first-order valence-electron chi connectivity index (χ1n) is 8.58. The van der Waals surface area contributed by atoms with E-state index in [2.05, 4.69) is 5.32 Å². The highest BCUT2D eigenvalue weighted by Gasteiger charge is 2.49. The number of carbonyl (C=O) groups excluding carboxylic acids is 2. The summed E-state index contributed by atoms with van der Waals surface area (Å²) in [6.45, 7) is 1.46. The van der Waals surface area contributed by atoms with Crippen LogP contribution in [0.3, 0.4) is 0 Å². The van der Waals surface area contributed by atoms with Gasteiger partial charge < -0.3 is 19.9 Å². The summed E-state index contributed by atoms with van der Waals surface area (Å²) in [5.41, 5.74) is -0.454. The minimum Gasteiger partial charge on any atom is -0.497 e. The van der Waals surface area contributed by atoms with Gasteiger partial charge in [0.2, 0.25) is 0 Å². The van der Waals surface area contributed by atoms with Gasteiger partial charge in [0, 0.05) is 0 Å². The molecule has 1 heterocycles. The first-order valence-corrected chi connectivity index (χ1v) is 8.58. The molecule has 0 saturated carbocycles. The SMILES string of the molecule is COc1ccc(OCC(O)CN2C(=O)NC(C)(c3ccccc3)C2=O)cc1. The predicted molar refractivity (Wildman–Crippen MR) is 98.5 cm³/mol. The fourth-order valence-electron chi connectivity index (χ4n) is 2.96. The fraction of sp³-hybridized carbons (Fsp3) is 0.300. The van der Waals surface area contributed by atoms with Gasteiger partial charge in [-0.1, -0.05) is 30.3 Å². The molecule has 0 aromatic heterocycles. The molecule has 2 atom stereocenters. The van der Waals surface area contributed by atoms with Crippen LogP contribution in [0.5, 0.6) is 11.5 Å². The summed E-state index contributed by atoms with van der Waals surface area (Å²) in [7, 11) is 1.57. The predicted octanol–water partition coefficient (Wildman–Crippen LogP) is 1.90. The Morgan fingerprint density at radius 3 is 2.33 bits per heavy atom. The molecule has 1 fully saturated rings. The number of β-amino-alcohol motifs (C(OH)–C–C–N with tert-alkyl or cyclic N) is 1. The maximum Gasteiger partial charge on any atom is 0.325 e. The zero-order chi connectivity index (χ0) is 19.4. The van der Waals surface area contributed by atoms with Gasteiger partial charge in [0.05, 0.1) is 13.7 Å². The first kappa shape index (κ1) is 18.7. The van der Waals surface area contributed by atoms with Crippen molar-refractivity contribution in [2.45, 2.75) is 18.6 Å². The number of methoxy groups -OCH3 is 1. The Balaban J connectivity index is 1.61. The Labute approximate surface area is 157 Å². The Morgan fingerprint density at radius 2 is 1.70 bits per heavy atom. The van der Waals surface area contributed by atoms with Gasteiger partial charge >= 0.3 is 6.03 Å². The van der Waals surface area contributed by atoms with Gasteiger partial charge in [0.1, 0.15) is 29.7 Å². The van der Waals surface area contributed by atoms with Crippen molar-refractivity contribution < 1.29 is 24.2 Å². The normalized spacial score (nSPS) is 20.3. The third-order valence-corrected chi connectivity index (χ3v) is 4.52. The third kappa shape index (κ3) is 3.88. The molecule has 1 aliphatic rings. The van der Waals surface area contributed by atoms with Crippen molar-refractivity contribution in [1.82, 2.24) is 10.2 Å². The number of hydrogen-bond acceptors (Lipinski definition) is 5. The Hall–Kier alpha value is -3.06. The lowest BCUT2D eigenvalue weighted by Crippen LogP contribution is -2.42. The molecular formula is C20H22N2O5. The zero-order valence-electron chi connectivity index (χ0n) is 15.2. The van der Waals surface area contributed by atoms with Gasteiger partial charge in [-0.15, -0.1) is 0 Å². The molecule has 2 unspecified atom stereocenters. The lowest BCUT2D eigenvalue weighted by Gasteiger charge is -2.23. The fourth-order valence-corrected chi connectivity index (χ4v) is 2.96. The Bertz CT molecular complexity index is 809. The molecule has 2 aromatic carbocycles. The Kier molecular flexibility index (Phi) is 5.32. The van der Waals surface area contributed by atoms with Crippen LogP contribution >= 0.6 is 0 Å². The van der Waals surface area contributed by atoms with Crippen molar-refractivity contribution in [3.8, 4) is 11.5 Å². The number of aliphatic hydroxyl groups excluding tert-OH is 1. The number of hydrogen-bond donors (Lipinski definition) is 2. The molecule has 3 rings (SSSR count). The number of imide groups is 1. The second-order valence-corrected chi connectivity index (χ2v) is 6.48. The highest BCUT2D eigenvalue weighted by Crippen LogP contribution is 2.28. The summed E-state index contributed by atoms with van der Waals surface area (Å²) < 4.78 is 10.6. The Morgan fingerprint density at radius 1 is 1.07 bits per heavy atom. The number of nitrogens with one attached hydrogen (secondary N) is 1. The van der Waals surface area contributed by atoms with Gasteiger partial charge in [-0.05, 0) is 36.8 Å². The molecule has 0 bridgehead atoms. The number of ether oxygens (including phenoxy) is 2. The summed E-state index contributed by atoms with van der Waals surface area (Å²) in [6.07, 6.45) is -1.01. The van der Waals surface area contributed by atoms with E-state index in [0.29, 0.717) is 17.1 Å². The van der Waals surface area contributed by atoms with Crippen molar-refractivity contribution in [3.05, 3.63) is 60.2 Å². The molecule has 7 heteroatoms. The average Bonchev–Trinajstić information content (AvgIpc) is 2.91. The molecule has 0 spiro atoms. The van der Waals surface area contributed by atoms with Crippen LogP contribution in [0.15, 0.2) is 54.6 Å². The number of carbonyl (C=O) groups is 2. The van der Waals surface area contributed by atoms with Gasteiger partial charge in [0.25, 0.3) is 5.91 Å². The molecule has 0 aliphatic carbocycles. The van der Waals surface area contributed by atoms with E-state index in [9.17, 15) is 14.7 Å². The van der Waals surface area contributed by atoms with Gasteiger partial charge in [-0.3, -0.25) is 9.69 Å². The molecule has 7 nitrogen and oxygen atoms in total. The molecule has 0 radical (unpaired) electrons. The maximum absolute atomic E-state index is 12.8. The quantitative estimate of drug-likeness (QED) is 0.727. The second kappa shape index (κ2) is 7.67. The molecule has 2 aromatic rings. The van der Waals surface area contributed by atoms with Crippen molar-refractivity contribution in [2.24, 2.45) is 0 Å². The zero-order valence-corrected chi connectivity index (χ0v) is 15.2. The average molecular weight is 370 g/mol. The van der Waals surface area contributed by atoms with Crippen LogP contribution in [0.2, 0.25) is 0 Å². The molecule has 1 saturated heterocycles. The minimum atomic E-state index is -1.14. The number of urea groups is 1. The van der Waals surface area contributed by atoms with Crippen LogP contribution in [0, 0.1) is 0 Å². The van der Waals surface area contributed by atoms with E-state index >= 15 is 0 Å². The van der Waals surface area contributed by atoms with E-state index in [0.717, 1.165) is 4.90 Å². The van der Waals surface area contributed by atoms with Crippen LogP contribution in [0.1, 0.15) is 12.5 Å². The third-order valence-electron chi connectivity index (χ3n) is 4.52. The smallest absolute Gasteiger partial charge is 0.325 e. The van der Waals surface area contributed by atoms with Crippen molar-refractivity contribution in [3.63, 3.8) is 0 Å². The van der Waals surface area contributed by atoms with Crippen LogP contribution in [0.25, 0.3) is 0 Å². The summed E-state index contributed by atoms with van der Waals surface area (Å²) >= 11 is 0. The molecule has 2 N–H and O–H groups in total. The van der Waals surface area contributed by atoms with Crippen molar-refractivity contribution in [1.29, 1.82) is 0 Å². The molecule has 27 heavy (non-hydrogen) atoms. The van der Waals surface area contributed by atoms with Crippen molar-refractivity contribution >= 4 is 11.9 Å². The van der Waals surface area contributed by atoms with Crippen molar-refractivity contribution in [2.75, 3.05) is 20.3 Å².